The van der Waals surface area contributed by atoms with Gasteiger partial charge in [0.25, 0.3) is 0 Å². The normalized spacial score (nSPS) is 15.3. The van der Waals surface area contributed by atoms with Crippen LogP contribution in [-0.4, -0.2) is 63.5 Å². The van der Waals surface area contributed by atoms with Gasteiger partial charge in [-0.25, -0.2) is 0 Å². The highest BCUT2D eigenvalue weighted by Crippen LogP contribution is 2.26. The van der Waals surface area contributed by atoms with Gasteiger partial charge in [-0.15, -0.1) is 5.10 Å². The molecule has 0 bridgehead atoms. The van der Waals surface area contributed by atoms with Crippen molar-refractivity contribution < 1.29 is 9.53 Å². The lowest BCUT2D eigenvalue weighted by Crippen LogP contribution is -2.41. The van der Waals surface area contributed by atoms with Crippen molar-refractivity contribution >= 4 is 17.7 Å². The Labute approximate surface area is 192 Å². The highest BCUT2D eigenvalue weighted by Gasteiger charge is 2.23. The van der Waals surface area contributed by atoms with Crippen LogP contribution in [0.3, 0.4) is 0 Å². The van der Waals surface area contributed by atoms with Crippen LogP contribution in [-0.2, 0) is 4.79 Å². The summed E-state index contributed by atoms with van der Waals surface area (Å²) in [5, 5.41) is 15.6. The van der Waals surface area contributed by atoms with Gasteiger partial charge in [0.15, 0.2) is 0 Å². The number of carbonyl (C=O) groups is 1. The SMILES string of the molecule is COc1ccc(C(CNC(=O)CSc2nnnn2-c2ccccc2)N2CCCCC2)cc1. The van der Waals surface area contributed by atoms with Gasteiger partial charge in [-0.3, -0.25) is 9.69 Å². The lowest BCUT2D eigenvalue weighted by atomic mass is 10.0. The van der Waals surface area contributed by atoms with E-state index in [4.69, 9.17) is 4.74 Å². The maximum Gasteiger partial charge on any atom is 0.230 e. The number of hydrogen-bond acceptors (Lipinski definition) is 7. The number of amides is 1. The zero-order valence-electron chi connectivity index (χ0n) is 18.2. The predicted molar refractivity (Wildman–Crippen MR) is 124 cm³/mol. The van der Waals surface area contributed by atoms with Crippen LogP contribution >= 0.6 is 11.8 Å². The summed E-state index contributed by atoms with van der Waals surface area (Å²) in [6.45, 7) is 2.66. The number of ether oxygens (including phenoxy) is 1. The third-order valence-electron chi connectivity index (χ3n) is 5.60. The van der Waals surface area contributed by atoms with E-state index in [2.05, 4.69) is 37.9 Å². The quantitative estimate of drug-likeness (QED) is 0.499. The molecule has 0 radical (unpaired) electrons. The maximum absolute atomic E-state index is 12.7. The van der Waals surface area contributed by atoms with Crippen molar-refractivity contribution in [3.8, 4) is 11.4 Å². The Kier molecular flexibility index (Phi) is 7.73. The second-order valence-corrected chi connectivity index (χ2v) is 8.63. The molecule has 8 nitrogen and oxygen atoms in total. The lowest BCUT2D eigenvalue weighted by Gasteiger charge is -2.35. The van der Waals surface area contributed by atoms with Crippen LogP contribution in [0.25, 0.3) is 5.69 Å². The molecule has 1 N–H and O–H groups in total. The first kappa shape index (κ1) is 22.3. The van der Waals surface area contributed by atoms with E-state index in [9.17, 15) is 4.79 Å². The molecule has 3 aromatic rings. The van der Waals surface area contributed by atoms with Gasteiger partial charge in [-0.2, -0.15) is 4.68 Å². The zero-order valence-corrected chi connectivity index (χ0v) is 19.0. The van der Waals surface area contributed by atoms with Crippen molar-refractivity contribution in [1.29, 1.82) is 0 Å². The molecule has 0 aliphatic carbocycles. The average Bonchev–Trinajstić information content (AvgIpc) is 3.33. The van der Waals surface area contributed by atoms with E-state index in [0.717, 1.165) is 24.5 Å². The number of tetrazole rings is 1. The zero-order chi connectivity index (χ0) is 22.2. The minimum absolute atomic E-state index is 0.0341. The summed E-state index contributed by atoms with van der Waals surface area (Å²) in [7, 11) is 1.67. The third kappa shape index (κ3) is 5.66. The topological polar surface area (TPSA) is 85.2 Å². The number of thioether (sulfide) groups is 1. The number of carbonyl (C=O) groups excluding carboxylic acids is 1. The highest BCUT2D eigenvalue weighted by atomic mass is 32.2. The summed E-state index contributed by atoms with van der Waals surface area (Å²) in [5.41, 5.74) is 2.05. The Balaban J connectivity index is 1.37. The number of aromatic nitrogens is 4. The molecule has 1 aliphatic rings. The lowest BCUT2D eigenvalue weighted by molar-refractivity contribution is -0.118. The molecule has 1 amide bonds. The first-order valence-corrected chi connectivity index (χ1v) is 11.8. The minimum atomic E-state index is -0.0341. The summed E-state index contributed by atoms with van der Waals surface area (Å²) in [6, 6.07) is 17.9. The molecular formula is C23H28N6O2S. The standard InChI is InChI=1S/C23H28N6O2S/c1-31-20-12-10-18(11-13-20)21(28-14-6-3-7-15-28)16-24-22(30)17-32-23-25-26-27-29(23)19-8-4-2-5-9-19/h2,4-5,8-13,21H,3,6-7,14-17H2,1H3,(H,24,30). The van der Waals surface area contributed by atoms with Crippen molar-refractivity contribution in [2.45, 2.75) is 30.5 Å². The summed E-state index contributed by atoms with van der Waals surface area (Å²) < 4.78 is 6.94. The molecule has 2 aromatic carbocycles. The maximum atomic E-state index is 12.7. The fourth-order valence-corrected chi connectivity index (χ4v) is 4.63. The van der Waals surface area contributed by atoms with Crippen LogP contribution in [0.15, 0.2) is 59.8 Å². The van der Waals surface area contributed by atoms with E-state index >= 15 is 0 Å². The molecule has 4 rings (SSSR count). The van der Waals surface area contributed by atoms with Gasteiger partial charge in [0.1, 0.15) is 5.75 Å². The number of piperidine rings is 1. The number of nitrogens with zero attached hydrogens (tertiary/aromatic N) is 5. The van der Waals surface area contributed by atoms with Crippen LogP contribution in [0.4, 0.5) is 0 Å². The van der Waals surface area contributed by atoms with E-state index in [0.29, 0.717) is 11.7 Å². The molecule has 0 spiro atoms. The molecule has 0 saturated carbocycles. The van der Waals surface area contributed by atoms with Crippen LogP contribution in [0.2, 0.25) is 0 Å². The van der Waals surface area contributed by atoms with E-state index in [1.807, 2.05) is 42.5 Å². The van der Waals surface area contributed by atoms with Crippen molar-refractivity contribution in [3.05, 3.63) is 60.2 Å². The van der Waals surface area contributed by atoms with E-state index < -0.39 is 0 Å². The monoisotopic (exact) mass is 452 g/mol. The summed E-state index contributed by atoms with van der Waals surface area (Å²) in [4.78, 5) is 15.1. The Bertz CT molecular complexity index is 989. The van der Waals surface area contributed by atoms with Crippen LogP contribution < -0.4 is 10.1 Å². The van der Waals surface area contributed by atoms with Crippen LogP contribution in [0, 0.1) is 0 Å². The molecule has 1 fully saturated rings. The number of nitrogens with one attached hydrogen (secondary N) is 1. The fourth-order valence-electron chi connectivity index (χ4n) is 3.91. The van der Waals surface area contributed by atoms with E-state index in [-0.39, 0.29) is 17.7 Å². The number of para-hydroxylation sites is 1. The summed E-state index contributed by atoms with van der Waals surface area (Å²) in [5.74, 6) is 1.05. The second kappa shape index (κ2) is 11.1. The third-order valence-corrected chi connectivity index (χ3v) is 6.52. The highest BCUT2D eigenvalue weighted by molar-refractivity contribution is 7.99. The first-order chi connectivity index (χ1) is 15.7. The predicted octanol–water partition coefficient (Wildman–Crippen LogP) is 3.11. The van der Waals surface area contributed by atoms with Gasteiger partial charge in [0, 0.05) is 6.54 Å². The average molecular weight is 453 g/mol. The smallest absolute Gasteiger partial charge is 0.230 e. The number of hydrogen-bond donors (Lipinski definition) is 1. The van der Waals surface area contributed by atoms with Crippen LogP contribution in [0.5, 0.6) is 5.75 Å². The molecule has 168 valence electrons. The Morgan fingerprint density at radius 2 is 1.84 bits per heavy atom. The molecule has 9 heteroatoms. The van der Waals surface area contributed by atoms with Crippen molar-refractivity contribution in [2.75, 3.05) is 32.5 Å². The molecule has 1 aliphatic heterocycles. The van der Waals surface area contributed by atoms with Gasteiger partial charge in [-0.1, -0.05) is 48.5 Å². The van der Waals surface area contributed by atoms with Gasteiger partial charge >= 0.3 is 0 Å². The Hall–Kier alpha value is -2.91. The molecule has 2 heterocycles. The van der Waals surface area contributed by atoms with Gasteiger partial charge in [0.2, 0.25) is 11.1 Å². The number of benzene rings is 2. The van der Waals surface area contributed by atoms with Gasteiger partial charge in [0.05, 0.1) is 24.6 Å². The second-order valence-electron chi connectivity index (χ2n) is 7.69. The van der Waals surface area contributed by atoms with E-state index in [1.54, 1.807) is 11.8 Å². The van der Waals surface area contributed by atoms with Crippen molar-refractivity contribution in [2.24, 2.45) is 0 Å². The van der Waals surface area contributed by atoms with Crippen molar-refractivity contribution in [3.63, 3.8) is 0 Å². The fraction of sp³-hybridized carbons (Fsp3) is 0.391. The number of likely N-dealkylation sites (tertiary alicyclic amines) is 1. The van der Waals surface area contributed by atoms with Gasteiger partial charge < -0.3 is 10.1 Å². The molecule has 1 aromatic heterocycles. The molecule has 1 saturated heterocycles. The summed E-state index contributed by atoms with van der Waals surface area (Å²) in [6.07, 6.45) is 3.65. The molecule has 1 atom stereocenters. The molecule has 1 unspecified atom stereocenters. The molecular weight excluding hydrogens is 424 g/mol. The Morgan fingerprint density at radius 3 is 2.56 bits per heavy atom. The van der Waals surface area contributed by atoms with Gasteiger partial charge in [-0.05, 0) is 66.2 Å². The van der Waals surface area contributed by atoms with E-state index in [1.165, 1.54) is 36.6 Å². The summed E-state index contributed by atoms with van der Waals surface area (Å²) >= 11 is 1.33. The number of methoxy groups -OCH3 is 1. The Morgan fingerprint density at radius 1 is 1.09 bits per heavy atom. The minimum Gasteiger partial charge on any atom is -0.497 e. The molecule has 32 heavy (non-hydrogen) atoms. The van der Waals surface area contributed by atoms with Crippen LogP contribution in [0.1, 0.15) is 30.9 Å². The van der Waals surface area contributed by atoms with Crippen molar-refractivity contribution in [1.82, 2.24) is 30.4 Å². The largest absolute Gasteiger partial charge is 0.497 e. The first-order valence-electron chi connectivity index (χ1n) is 10.9. The number of rotatable bonds is 9.